The van der Waals surface area contributed by atoms with Crippen LogP contribution in [-0.2, 0) is 11.3 Å². The van der Waals surface area contributed by atoms with Gasteiger partial charge in [0.25, 0.3) is 11.8 Å². The molecule has 1 fully saturated rings. The van der Waals surface area contributed by atoms with Gasteiger partial charge in [-0.25, -0.2) is 4.98 Å². The first-order valence-corrected chi connectivity index (χ1v) is 14.7. The molecule has 1 aliphatic heterocycles. The van der Waals surface area contributed by atoms with E-state index >= 15 is 0 Å². The SMILES string of the molecule is CN(C(=O)c1ccccc1)c1ccc2c(c1)nc(NC(=O)c1ccc(-c3cccnc3)s1)n2CCCN1CCCC1=O. The van der Waals surface area contributed by atoms with Crippen LogP contribution in [0.25, 0.3) is 21.5 Å². The molecule has 3 aromatic heterocycles. The number of rotatable bonds is 9. The average Bonchev–Trinajstić information content (AvgIpc) is 3.76. The van der Waals surface area contributed by atoms with Gasteiger partial charge in [-0.3, -0.25) is 24.7 Å². The minimum atomic E-state index is -0.252. The van der Waals surface area contributed by atoms with E-state index in [2.05, 4.69) is 10.3 Å². The third kappa shape index (κ3) is 5.66. The molecule has 10 heteroatoms. The lowest BCUT2D eigenvalue weighted by Crippen LogP contribution is -2.26. The van der Waals surface area contributed by atoms with Crippen molar-refractivity contribution in [2.45, 2.75) is 25.8 Å². The fraction of sp³-hybridized carbons (Fsp3) is 0.219. The number of imidazole rings is 1. The summed E-state index contributed by atoms with van der Waals surface area (Å²) in [4.78, 5) is 52.5. The molecule has 0 aliphatic carbocycles. The molecular formula is C32H30N6O3S. The summed E-state index contributed by atoms with van der Waals surface area (Å²) in [5.41, 5.74) is 3.74. The third-order valence-electron chi connectivity index (χ3n) is 7.43. The Hall–Kier alpha value is -4.83. The van der Waals surface area contributed by atoms with Gasteiger partial charge in [-0.2, -0.15) is 0 Å². The average molecular weight is 579 g/mol. The van der Waals surface area contributed by atoms with Crippen LogP contribution in [0.1, 0.15) is 39.3 Å². The molecule has 0 saturated carbocycles. The highest BCUT2D eigenvalue weighted by molar-refractivity contribution is 7.17. The fourth-order valence-corrected chi connectivity index (χ4v) is 6.08. The summed E-state index contributed by atoms with van der Waals surface area (Å²) in [6.07, 6.45) is 5.71. The summed E-state index contributed by atoms with van der Waals surface area (Å²) in [6, 6.07) is 22.3. The molecule has 1 saturated heterocycles. The molecule has 0 atom stereocenters. The summed E-state index contributed by atoms with van der Waals surface area (Å²) < 4.78 is 1.98. The molecule has 6 rings (SSSR count). The summed E-state index contributed by atoms with van der Waals surface area (Å²) in [6.45, 7) is 2.01. The van der Waals surface area contributed by atoms with E-state index in [0.29, 0.717) is 47.1 Å². The summed E-state index contributed by atoms with van der Waals surface area (Å²) in [5.74, 6) is 0.239. The number of benzene rings is 2. The second-order valence-corrected chi connectivity index (χ2v) is 11.3. The first-order valence-electron chi connectivity index (χ1n) is 13.9. The van der Waals surface area contributed by atoms with Crippen molar-refractivity contribution in [1.29, 1.82) is 0 Å². The van der Waals surface area contributed by atoms with E-state index in [1.165, 1.54) is 11.3 Å². The zero-order valence-electron chi connectivity index (χ0n) is 23.2. The Morgan fingerprint density at radius 1 is 1.02 bits per heavy atom. The molecule has 2 aromatic carbocycles. The summed E-state index contributed by atoms with van der Waals surface area (Å²) >= 11 is 1.39. The number of aromatic nitrogens is 3. The van der Waals surface area contributed by atoms with Crippen LogP contribution >= 0.6 is 11.3 Å². The number of nitrogens with zero attached hydrogens (tertiary/aromatic N) is 5. The minimum absolute atomic E-state index is 0.125. The van der Waals surface area contributed by atoms with Crippen LogP contribution in [-0.4, -0.2) is 57.3 Å². The van der Waals surface area contributed by atoms with Crippen molar-refractivity contribution in [2.75, 3.05) is 30.4 Å². The van der Waals surface area contributed by atoms with Crippen molar-refractivity contribution >= 4 is 51.7 Å². The van der Waals surface area contributed by atoms with Crippen LogP contribution in [0, 0.1) is 0 Å². The van der Waals surface area contributed by atoms with E-state index in [-0.39, 0.29) is 17.7 Å². The van der Waals surface area contributed by atoms with Crippen molar-refractivity contribution in [2.24, 2.45) is 0 Å². The highest BCUT2D eigenvalue weighted by Crippen LogP contribution is 2.30. The second kappa shape index (κ2) is 12.0. The Morgan fingerprint density at radius 2 is 1.88 bits per heavy atom. The van der Waals surface area contributed by atoms with Gasteiger partial charge < -0.3 is 14.4 Å². The highest BCUT2D eigenvalue weighted by atomic mass is 32.1. The summed E-state index contributed by atoms with van der Waals surface area (Å²) in [5, 5.41) is 3.01. The topological polar surface area (TPSA) is 100 Å². The lowest BCUT2D eigenvalue weighted by Gasteiger charge is -2.18. The molecule has 0 unspecified atom stereocenters. The number of carbonyl (C=O) groups is 3. The molecule has 42 heavy (non-hydrogen) atoms. The van der Waals surface area contributed by atoms with E-state index in [0.717, 1.165) is 35.3 Å². The number of thiophene rings is 1. The Morgan fingerprint density at radius 3 is 2.64 bits per heavy atom. The maximum absolute atomic E-state index is 13.4. The quantitative estimate of drug-likeness (QED) is 0.242. The first kappa shape index (κ1) is 27.3. The zero-order chi connectivity index (χ0) is 29.1. The van der Waals surface area contributed by atoms with Crippen molar-refractivity contribution < 1.29 is 14.4 Å². The van der Waals surface area contributed by atoms with Crippen molar-refractivity contribution in [1.82, 2.24) is 19.4 Å². The smallest absolute Gasteiger partial charge is 0.268 e. The standard InChI is InChI=1S/C32H30N6O3S/c1-36(31(41)22-8-3-2-4-9-22)24-12-13-26-25(20-24)34-32(38(26)19-7-18-37-17-6-11-29(37)39)35-30(40)28-15-14-27(42-28)23-10-5-16-33-21-23/h2-5,8-10,12-16,20-21H,6-7,11,17-19H2,1H3,(H,34,35,40). The number of amides is 3. The van der Waals surface area contributed by atoms with Crippen molar-refractivity contribution in [3.8, 4) is 10.4 Å². The molecule has 0 radical (unpaired) electrons. The van der Waals surface area contributed by atoms with E-state index in [4.69, 9.17) is 4.98 Å². The first-order chi connectivity index (χ1) is 20.5. The van der Waals surface area contributed by atoms with E-state index in [9.17, 15) is 14.4 Å². The number of nitrogens with one attached hydrogen (secondary N) is 1. The molecule has 212 valence electrons. The highest BCUT2D eigenvalue weighted by Gasteiger charge is 2.21. The van der Waals surface area contributed by atoms with Crippen LogP contribution in [0.5, 0.6) is 0 Å². The van der Waals surface area contributed by atoms with Gasteiger partial charge in [0.1, 0.15) is 0 Å². The van der Waals surface area contributed by atoms with Gasteiger partial charge in [0.2, 0.25) is 11.9 Å². The van der Waals surface area contributed by atoms with E-state index < -0.39 is 0 Å². The fourth-order valence-electron chi connectivity index (χ4n) is 5.19. The molecular weight excluding hydrogens is 548 g/mol. The largest absolute Gasteiger partial charge is 0.343 e. The Kier molecular flexibility index (Phi) is 7.78. The molecule has 1 N–H and O–H groups in total. The monoisotopic (exact) mass is 578 g/mol. The predicted octanol–water partition coefficient (Wildman–Crippen LogP) is 5.70. The number of hydrogen-bond donors (Lipinski definition) is 1. The molecule has 5 aromatic rings. The van der Waals surface area contributed by atoms with Gasteiger partial charge >= 0.3 is 0 Å². The molecule has 0 bridgehead atoms. The molecule has 1 aliphatic rings. The minimum Gasteiger partial charge on any atom is -0.343 e. The number of hydrogen-bond acceptors (Lipinski definition) is 6. The van der Waals surface area contributed by atoms with Gasteiger partial charge in [-0.15, -0.1) is 11.3 Å². The molecule has 9 nitrogen and oxygen atoms in total. The van der Waals surface area contributed by atoms with E-state index in [1.54, 1.807) is 42.5 Å². The number of aryl methyl sites for hydroxylation is 1. The number of fused-ring (bicyclic) bond motifs is 1. The van der Waals surface area contributed by atoms with Crippen molar-refractivity contribution in [3.63, 3.8) is 0 Å². The molecule has 4 heterocycles. The Bertz CT molecular complexity index is 1750. The summed E-state index contributed by atoms with van der Waals surface area (Å²) in [7, 11) is 1.74. The van der Waals surface area contributed by atoms with Crippen LogP contribution < -0.4 is 10.2 Å². The molecule has 0 spiro atoms. The van der Waals surface area contributed by atoms with Gasteiger partial charge in [0, 0.05) is 67.2 Å². The maximum atomic E-state index is 13.4. The number of carbonyl (C=O) groups excluding carboxylic acids is 3. The maximum Gasteiger partial charge on any atom is 0.268 e. The van der Waals surface area contributed by atoms with Gasteiger partial charge in [-0.1, -0.05) is 24.3 Å². The zero-order valence-corrected chi connectivity index (χ0v) is 24.0. The predicted molar refractivity (Wildman–Crippen MR) is 165 cm³/mol. The Balaban J connectivity index is 1.27. The Labute approximate surface area is 247 Å². The lowest BCUT2D eigenvalue weighted by molar-refractivity contribution is -0.127. The van der Waals surface area contributed by atoms with Crippen LogP contribution in [0.4, 0.5) is 11.6 Å². The van der Waals surface area contributed by atoms with Crippen molar-refractivity contribution in [3.05, 3.63) is 95.6 Å². The lowest BCUT2D eigenvalue weighted by atomic mass is 10.2. The van der Waals surface area contributed by atoms with Gasteiger partial charge in [-0.05, 0) is 61.4 Å². The number of likely N-dealkylation sites (tertiary alicyclic amines) is 1. The van der Waals surface area contributed by atoms with Gasteiger partial charge in [0.15, 0.2) is 0 Å². The number of anilines is 2. The third-order valence-corrected chi connectivity index (χ3v) is 8.56. The van der Waals surface area contributed by atoms with E-state index in [1.807, 2.05) is 64.1 Å². The van der Waals surface area contributed by atoms with Crippen LogP contribution in [0.2, 0.25) is 0 Å². The second-order valence-electron chi connectivity index (χ2n) is 10.2. The number of pyridine rings is 1. The van der Waals surface area contributed by atoms with Crippen LogP contribution in [0.3, 0.4) is 0 Å². The normalized spacial score (nSPS) is 13.1. The molecule has 3 amide bonds. The van der Waals surface area contributed by atoms with Crippen LogP contribution in [0.15, 0.2) is 85.2 Å². The van der Waals surface area contributed by atoms with Gasteiger partial charge in [0.05, 0.1) is 15.9 Å².